The lowest BCUT2D eigenvalue weighted by atomic mass is 10.0. The summed E-state index contributed by atoms with van der Waals surface area (Å²) in [6.07, 6.45) is 6.33. The molecule has 0 radical (unpaired) electrons. The Morgan fingerprint density at radius 3 is 2.77 bits per heavy atom. The molecule has 0 amide bonds. The molecule has 1 fully saturated rings. The Morgan fingerprint density at radius 2 is 2.08 bits per heavy atom. The van der Waals surface area contributed by atoms with Crippen LogP contribution in [0, 0.1) is 5.92 Å². The summed E-state index contributed by atoms with van der Waals surface area (Å²) in [5.41, 5.74) is 0. The van der Waals surface area contributed by atoms with Gasteiger partial charge in [0, 0.05) is 25.6 Å². The normalized spacial score (nSPS) is 19.8. The number of hydrogen-bond acceptors (Lipinski definition) is 3. The third-order valence-electron chi connectivity index (χ3n) is 2.18. The number of thiol groups is 1. The number of ether oxygens (including phenoxy) is 2. The van der Waals surface area contributed by atoms with Gasteiger partial charge in [-0.3, -0.25) is 0 Å². The molecule has 1 aliphatic rings. The lowest BCUT2D eigenvalue weighted by Crippen LogP contribution is -2.20. The molecule has 2 nitrogen and oxygen atoms in total. The van der Waals surface area contributed by atoms with Gasteiger partial charge in [0.05, 0.1) is 6.61 Å². The van der Waals surface area contributed by atoms with Crippen molar-refractivity contribution < 1.29 is 9.47 Å². The first-order valence-electron chi connectivity index (χ1n) is 4.85. The maximum absolute atomic E-state index is 5.50. The molecule has 0 aromatic heterocycles. The van der Waals surface area contributed by atoms with Crippen molar-refractivity contribution in [1.82, 2.24) is 0 Å². The molecule has 1 heterocycles. The van der Waals surface area contributed by atoms with Crippen LogP contribution in [0.4, 0.5) is 0 Å². The van der Waals surface area contributed by atoms with Crippen molar-refractivity contribution in [3.63, 3.8) is 0 Å². The van der Waals surface area contributed by atoms with E-state index < -0.39 is 0 Å². The largest absolute Gasteiger partial charge is 0.381 e. The van der Waals surface area contributed by atoms with Crippen LogP contribution >= 0.6 is 12.6 Å². The fraction of sp³-hybridized carbons (Fsp3) is 0.800. The van der Waals surface area contributed by atoms with Gasteiger partial charge in [-0.2, -0.15) is 12.6 Å². The van der Waals surface area contributed by atoms with Gasteiger partial charge in [0.1, 0.15) is 0 Å². The highest BCUT2D eigenvalue weighted by Crippen LogP contribution is 2.14. The summed E-state index contributed by atoms with van der Waals surface area (Å²) in [7, 11) is 0. The summed E-state index contributed by atoms with van der Waals surface area (Å²) >= 11 is 4.07. The van der Waals surface area contributed by atoms with Gasteiger partial charge >= 0.3 is 0 Å². The van der Waals surface area contributed by atoms with E-state index in [2.05, 4.69) is 12.6 Å². The fourth-order valence-corrected chi connectivity index (χ4v) is 1.51. The molecule has 0 saturated carbocycles. The van der Waals surface area contributed by atoms with Gasteiger partial charge < -0.3 is 9.47 Å². The zero-order valence-corrected chi connectivity index (χ0v) is 8.84. The lowest BCUT2D eigenvalue weighted by Gasteiger charge is -2.21. The van der Waals surface area contributed by atoms with E-state index in [1.165, 1.54) is 0 Å². The van der Waals surface area contributed by atoms with E-state index >= 15 is 0 Å². The smallest absolute Gasteiger partial charge is 0.0647 e. The van der Waals surface area contributed by atoms with Crippen molar-refractivity contribution in [2.75, 3.05) is 32.2 Å². The summed E-state index contributed by atoms with van der Waals surface area (Å²) in [5.74, 6) is 1.50. The summed E-state index contributed by atoms with van der Waals surface area (Å²) in [4.78, 5) is 0. The highest BCUT2D eigenvalue weighted by Gasteiger charge is 2.12. The average Bonchev–Trinajstić information content (AvgIpc) is 2.19. The number of hydrogen-bond donors (Lipinski definition) is 1. The Kier molecular flexibility index (Phi) is 6.33. The molecule has 13 heavy (non-hydrogen) atoms. The van der Waals surface area contributed by atoms with Crippen molar-refractivity contribution in [2.24, 2.45) is 5.92 Å². The van der Waals surface area contributed by atoms with Crippen LogP contribution in [0.2, 0.25) is 0 Å². The van der Waals surface area contributed by atoms with E-state index in [1.54, 1.807) is 0 Å². The first-order chi connectivity index (χ1) is 6.43. The van der Waals surface area contributed by atoms with E-state index in [0.29, 0.717) is 5.92 Å². The highest BCUT2D eigenvalue weighted by atomic mass is 32.1. The third-order valence-corrected chi connectivity index (χ3v) is 2.39. The fourth-order valence-electron chi connectivity index (χ4n) is 1.36. The predicted molar refractivity (Wildman–Crippen MR) is 57.4 cm³/mol. The van der Waals surface area contributed by atoms with Crippen LogP contribution in [0.15, 0.2) is 12.2 Å². The van der Waals surface area contributed by atoms with Gasteiger partial charge in [-0.05, 0) is 18.8 Å². The highest BCUT2D eigenvalue weighted by molar-refractivity contribution is 7.80. The molecular weight excluding hydrogens is 184 g/mol. The van der Waals surface area contributed by atoms with E-state index in [0.717, 1.165) is 45.0 Å². The van der Waals surface area contributed by atoms with Gasteiger partial charge in [-0.25, -0.2) is 0 Å². The lowest BCUT2D eigenvalue weighted by molar-refractivity contribution is 0.0272. The summed E-state index contributed by atoms with van der Waals surface area (Å²) in [5, 5.41) is 0. The second-order valence-electron chi connectivity index (χ2n) is 3.25. The van der Waals surface area contributed by atoms with Crippen molar-refractivity contribution in [2.45, 2.75) is 12.8 Å². The second kappa shape index (κ2) is 7.42. The van der Waals surface area contributed by atoms with Crippen LogP contribution in [0.1, 0.15) is 12.8 Å². The van der Waals surface area contributed by atoms with Crippen molar-refractivity contribution >= 4 is 12.6 Å². The van der Waals surface area contributed by atoms with Crippen molar-refractivity contribution in [3.05, 3.63) is 12.2 Å². The van der Waals surface area contributed by atoms with E-state index in [-0.39, 0.29) is 0 Å². The van der Waals surface area contributed by atoms with Crippen molar-refractivity contribution in [1.29, 1.82) is 0 Å². The topological polar surface area (TPSA) is 18.5 Å². The molecule has 3 heteroatoms. The van der Waals surface area contributed by atoms with Crippen LogP contribution < -0.4 is 0 Å². The average molecular weight is 202 g/mol. The molecule has 1 rings (SSSR count). The SMILES string of the molecule is SCC=CCOCC1CCOCC1. The van der Waals surface area contributed by atoms with Gasteiger partial charge in [0.15, 0.2) is 0 Å². The molecule has 1 saturated heterocycles. The first-order valence-corrected chi connectivity index (χ1v) is 5.48. The number of rotatable bonds is 5. The quantitative estimate of drug-likeness (QED) is 0.417. The Hall–Kier alpha value is 0.01000. The molecule has 0 aliphatic carbocycles. The van der Waals surface area contributed by atoms with E-state index in [4.69, 9.17) is 9.47 Å². The van der Waals surface area contributed by atoms with Gasteiger partial charge in [0.25, 0.3) is 0 Å². The van der Waals surface area contributed by atoms with Gasteiger partial charge in [0.2, 0.25) is 0 Å². The molecule has 0 bridgehead atoms. The second-order valence-corrected chi connectivity index (χ2v) is 3.61. The molecule has 1 aliphatic heterocycles. The minimum Gasteiger partial charge on any atom is -0.381 e. The monoisotopic (exact) mass is 202 g/mol. The summed E-state index contributed by atoms with van der Waals surface area (Å²) in [6.45, 7) is 3.40. The van der Waals surface area contributed by atoms with Crippen LogP contribution in [0.25, 0.3) is 0 Å². The Morgan fingerprint density at radius 1 is 1.31 bits per heavy atom. The molecule has 0 unspecified atom stereocenters. The Bertz CT molecular complexity index is 142. The zero-order chi connectivity index (χ0) is 9.36. The molecule has 0 aromatic carbocycles. The minimum atomic E-state index is 0.707. The standard InChI is InChI=1S/C10H18O2S/c13-8-2-1-5-12-9-10-3-6-11-7-4-10/h1-2,10,13H,3-9H2. The summed E-state index contributed by atoms with van der Waals surface area (Å²) in [6, 6.07) is 0. The molecule has 0 aromatic rings. The van der Waals surface area contributed by atoms with Crippen molar-refractivity contribution in [3.8, 4) is 0 Å². The van der Waals surface area contributed by atoms with E-state index in [1.807, 2.05) is 12.2 Å². The molecule has 0 atom stereocenters. The third kappa shape index (κ3) is 5.34. The van der Waals surface area contributed by atoms with Crippen LogP contribution in [-0.2, 0) is 9.47 Å². The zero-order valence-electron chi connectivity index (χ0n) is 7.95. The molecular formula is C10H18O2S. The maximum atomic E-state index is 5.50. The maximum Gasteiger partial charge on any atom is 0.0647 e. The minimum absolute atomic E-state index is 0.707. The summed E-state index contributed by atoms with van der Waals surface area (Å²) < 4.78 is 10.8. The van der Waals surface area contributed by atoms with Crippen LogP contribution in [0.3, 0.4) is 0 Å². The molecule has 0 N–H and O–H groups in total. The van der Waals surface area contributed by atoms with Crippen LogP contribution in [0.5, 0.6) is 0 Å². The predicted octanol–water partition coefficient (Wildman–Crippen LogP) is 1.92. The van der Waals surface area contributed by atoms with Crippen LogP contribution in [-0.4, -0.2) is 32.2 Å². The first kappa shape index (κ1) is 11.1. The Balaban J connectivity index is 1.95. The Labute approximate surface area is 85.7 Å². The molecule has 76 valence electrons. The molecule has 0 spiro atoms. The van der Waals surface area contributed by atoms with E-state index in [9.17, 15) is 0 Å². The van der Waals surface area contributed by atoms with Gasteiger partial charge in [-0.15, -0.1) is 0 Å². The van der Waals surface area contributed by atoms with Gasteiger partial charge in [-0.1, -0.05) is 12.2 Å².